The smallest absolute Gasteiger partial charge is 0.311 e. The molecule has 0 radical (unpaired) electrons. The highest BCUT2D eigenvalue weighted by molar-refractivity contribution is 5.80. The lowest BCUT2D eigenvalue weighted by molar-refractivity contribution is -0.171. The number of carbonyl (C=O) groups excluding carboxylic acids is 2. The van der Waals surface area contributed by atoms with Crippen molar-refractivity contribution in [3.63, 3.8) is 0 Å². The second kappa shape index (κ2) is 8.82. The maximum absolute atomic E-state index is 13.2. The van der Waals surface area contributed by atoms with Crippen molar-refractivity contribution in [3.8, 4) is 0 Å². The SMILES string of the molecule is CC1(C)CC(OC(=O)C(C)(C)CC(C)(C)C(=O)OC2CC(C)(C)NC(C)(C)C2)CC(C)(C)N1. The highest BCUT2D eigenvalue weighted by Gasteiger charge is 2.46. The van der Waals surface area contributed by atoms with Crippen LogP contribution < -0.4 is 10.6 Å². The molecule has 2 aliphatic rings. The summed E-state index contributed by atoms with van der Waals surface area (Å²) < 4.78 is 12.0. The number of nitrogens with one attached hydrogen (secondary N) is 2. The van der Waals surface area contributed by atoms with Crippen LogP contribution in [0.3, 0.4) is 0 Å². The molecule has 0 amide bonds. The molecule has 0 atom stereocenters. The zero-order valence-electron chi connectivity index (χ0n) is 23.3. The molecule has 0 bridgehead atoms. The molecule has 0 spiro atoms. The molecular formula is C27H50N2O4. The van der Waals surface area contributed by atoms with Gasteiger partial charge in [-0.1, -0.05) is 0 Å². The van der Waals surface area contributed by atoms with Crippen molar-refractivity contribution in [1.29, 1.82) is 0 Å². The Hall–Kier alpha value is -1.14. The normalized spacial score (nSPS) is 25.3. The summed E-state index contributed by atoms with van der Waals surface area (Å²) in [5, 5.41) is 7.24. The molecule has 6 heteroatoms. The first-order chi connectivity index (χ1) is 14.5. The van der Waals surface area contributed by atoms with Crippen molar-refractivity contribution < 1.29 is 19.1 Å². The number of piperidine rings is 2. The minimum atomic E-state index is -0.797. The summed E-state index contributed by atoms with van der Waals surface area (Å²) in [6.45, 7) is 24.6. The van der Waals surface area contributed by atoms with Crippen LogP contribution in [0.5, 0.6) is 0 Å². The van der Waals surface area contributed by atoms with E-state index in [1.807, 2.05) is 27.7 Å². The van der Waals surface area contributed by atoms with Gasteiger partial charge in [0.2, 0.25) is 0 Å². The van der Waals surface area contributed by atoms with Crippen molar-refractivity contribution in [2.75, 3.05) is 0 Å². The van der Waals surface area contributed by atoms with Crippen LogP contribution in [0, 0.1) is 10.8 Å². The Balaban J connectivity index is 2.03. The fourth-order valence-electron chi connectivity index (χ4n) is 6.49. The Morgan fingerprint density at radius 2 is 0.879 bits per heavy atom. The van der Waals surface area contributed by atoms with E-state index < -0.39 is 10.8 Å². The third kappa shape index (κ3) is 7.95. The van der Waals surface area contributed by atoms with Crippen LogP contribution in [-0.2, 0) is 19.1 Å². The fraction of sp³-hybridized carbons (Fsp3) is 0.926. The zero-order chi connectivity index (χ0) is 25.7. The molecular weight excluding hydrogens is 416 g/mol. The summed E-state index contributed by atoms with van der Waals surface area (Å²) in [4.78, 5) is 26.4. The topological polar surface area (TPSA) is 76.7 Å². The van der Waals surface area contributed by atoms with Crippen molar-refractivity contribution in [2.24, 2.45) is 10.8 Å². The average molecular weight is 467 g/mol. The Morgan fingerprint density at radius 1 is 0.636 bits per heavy atom. The molecule has 192 valence electrons. The van der Waals surface area contributed by atoms with E-state index in [0.717, 1.165) is 25.7 Å². The van der Waals surface area contributed by atoms with E-state index in [-0.39, 0.29) is 46.3 Å². The highest BCUT2D eigenvalue weighted by atomic mass is 16.6. The monoisotopic (exact) mass is 466 g/mol. The molecule has 2 fully saturated rings. The molecule has 2 heterocycles. The summed E-state index contributed by atoms with van der Waals surface area (Å²) in [7, 11) is 0. The lowest BCUT2D eigenvalue weighted by Gasteiger charge is -2.47. The Kier molecular flexibility index (Phi) is 7.51. The third-order valence-electron chi connectivity index (χ3n) is 6.84. The second-order valence-electron chi connectivity index (χ2n) is 14.6. The summed E-state index contributed by atoms with van der Waals surface area (Å²) in [5.74, 6) is -0.489. The highest BCUT2D eigenvalue weighted by Crippen LogP contribution is 2.39. The van der Waals surface area contributed by atoms with E-state index in [0.29, 0.717) is 6.42 Å². The van der Waals surface area contributed by atoms with Gasteiger partial charge in [-0.3, -0.25) is 9.59 Å². The van der Waals surface area contributed by atoms with Gasteiger partial charge in [0.15, 0.2) is 0 Å². The van der Waals surface area contributed by atoms with E-state index in [4.69, 9.17) is 9.47 Å². The second-order valence-corrected chi connectivity index (χ2v) is 14.6. The summed E-state index contributed by atoms with van der Waals surface area (Å²) in [5.41, 5.74) is -2.00. The molecule has 33 heavy (non-hydrogen) atoms. The molecule has 2 rings (SSSR count). The van der Waals surface area contributed by atoms with E-state index in [1.54, 1.807) is 0 Å². The standard InChI is InChI=1S/C27H50N2O4/c1-22(2,20(30)32-18-13-24(5,6)28-25(7,8)14-18)17-23(3,4)21(31)33-19-15-26(9,10)29-27(11,12)16-19/h18-19,28-29H,13-17H2,1-12H3. The molecule has 2 N–H and O–H groups in total. The van der Waals surface area contributed by atoms with Gasteiger partial charge in [0.25, 0.3) is 0 Å². The summed E-state index contributed by atoms with van der Waals surface area (Å²) in [6, 6.07) is 0. The predicted octanol–water partition coefficient (Wildman–Crippen LogP) is 5.13. The van der Waals surface area contributed by atoms with Crippen LogP contribution in [-0.4, -0.2) is 46.3 Å². The molecule has 0 aromatic heterocycles. The van der Waals surface area contributed by atoms with Crippen LogP contribution in [0.1, 0.15) is 115 Å². The fourth-order valence-corrected chi connectivity index (χ4v) is 6.49. The van der Waals surface area contributed by atoms with Crippen LogP contribution >= 0.6 is 0 Å². The van der Waals surface area contributed by atoms with Crippen molar-refractivity contribution in [1.82, 2.24) is 10.6 Å². The molecule has 0 aromatic carbocycles. The number of rotatable bonds is 6. The van der Waals surface area contributed by atoms with E-state index in [9.17, 15) is 9.59 Å². The van der Waals surface area contributed by atoms with Gasteiger partial charge in [-0.25, -0.2) is 0 Å². The maximum atomic E-state index is 13.2. The number of esters is 2. The van der Waals surface area contributed by atoms with Gasteiger partial charge in [0.1, 0.15) is 12.2 Å². The quantitative estimate of drug-likeness (QED) is 0.528. The van der Waals surface area contributed by atoms with Crippen molar-refractivity contribution in [3.05, 3.63) is 0 Å². The van der Waals surface area contributed by atoms with Crippen molar-refractivity contribution >= 4 is 11.9 Å². The summed E-state index contributed by atoms with van der Waals surface area (Å²) in [6.07, 6.45) is 3.16. The Labute approximate surface area is 202 Å². The number of hydrogen-bond acceptors (Lipinski definition) is 6. The van der Waals surface area contributed by atoms with Crippen LogP contribution in [0.4, 0.5) is 0 Å². The molecule has 0 aliphatic carbocycles. The summed E-state index contributed by atoms with van der Waals surface area (Å²) >= 11 is 0. The zero-order valence-corrected chi connectivity index (χ0v) is 23.3. The lowest BCUT2D eigenvalue weighted by Crippen LogP contribution is -2.60. The average Bonchev–Trinajstić information content (AvgIpc) is 2.46. The van der Waals surface area contributed by atoms with E-state index in [1.165, 1.54) is 0 Å². The van der Waals surface area contributed by atoms with E-state index >= 15 is 0 Å². The van der Waals surface area contributed by atoms with Gasteiger partial charge >= 0.3 is 11.9 Å². The maximum Gasteiger partial charge on any atom is 0.311 e. The van der Waals surface area contributed by atoms with Crippen LogP contribution in [0.25, 0.3) is 0 Å². The van der Waals surface area contributed by atoms with Crippen LogP contribution in [0.2, 0.25) is 0 Å². The molecule has 2 aliphatic heterocycles. The molecule has 0 unspecified atom stereocenters. The van der Waals surface area contributed by atoms with Gasteiger partial charge in [-0.2, -0.15) is 0 Å². The molecule has 0 saturated carbocycles. The first kappa shape index (κ1) is 28.1. The molecule has 2 saturated heterocycles. The molecule has 0 aromatic rings. The van der Waals surface area contributed by atoms with Gasteiger partial charge < -0.3 is 20.1 Å². The van der Waals surface area contributed by atoms with Crippen LogP contribution in [0.15, 0.2) is 0 Å². The first-order valence-electron chi connectivity index (χ1n) is 12.5. The van der Waals surface area contributed by atoms with Gasteiger partial charge in [-0.15, -0.1) is 0 Å². The van der Waals surface area contributed by atoms with Gasteiger partial charge in [-0.05, 0) is 89.5 Å². The van der Waals surface area contributed by atoms with Gasteiger partial charge in [0.05, 0.1) is 10.8 Å². The minimum absolute atomic E-state index is 0.101. The largest absolute Gasteiger partial charge is 0.462 e. The third-order valence-corrected chi connectivity index (χ3v) is 6.84. The Morgan fingerprint density at radius 3 is 1.12 bits per heavy atom. The first-order valence-corrected chi connectivity index (χ1v) is 12.5. The molecule has 6 nitrogen and oxygen atoms in total. The minimum Gasteiger partial charge on any atom is -0.462 e. The van der Waals surface area contributed by atoms with Gasteiger partial charge in [0, 0.05) is 47.8 Å². The lowest BCUT2D eigenvalue weighted by atomic mass is 9.74. The number of ether oxygens (including phenoxy) is 2. The number of hydrogen-bond donors (Lipinski definition) is 2. The van der Waals surface area contributed by atoms with E-state index in [2.05, 4.69) is 66.0 Å². The Bertz CT molecular complexity index is 655. The predicted molar refractivity (Wildman–Crippen MR) is 133 cm³/mol. The number of carbonyl (C=O) groups is 2. The van der Waals surface area contributed by atoms with Crippen molar-refractivity contribution in [2.45, 2.75) is 150 Å².